The minimum atomic E-state index is -0.716. The standard InChI is InChI=1S/C29H28N6O/c30-27-26-25(21-9-8-20-10-11-23(32-24(20)16-21)19-6-2-1-3-7-19)33-28(35(26)15-12-31-27)22-17-29(36,18-22)34-13-4-5-14-34/h1-3,6-12,15-16,22,36H,4-5,13-14,17-18H2,(H2,30,31). The number of likely N-dealkylation sites (tertiary alicyclic amines) is 1. The Balaban J connectivity index is 1.30. The predicted octanol–water partition coefficient (Wildman–Crippen LogP) is 4.86. The summed E-state index contributed by atoms with van der Waals surface area (Å²) in [7, 11) is 0. The lowest BCUT2D eigenvalue weighted by atomic mass is 9.75. The summed E-state index contributed by atoms with van der Waals surface area (Å²) in [5, 5.41) is 12.2. The third kappa shape index (κ3) is 3.38. The maximum absolute atomic E-state index is 11.2. The third-order valence-corrected chi connectivity index (χ3v) is 7.85. The van der Waals surface area contributed by atoms with E-state index in [0.717, 1.165) is 70.7 Å². The Hall–Kier alpha value is -3.81. The Labute approximate surface area is 209 Å². The van der Waals surface area contributed by atoms with E-state index >= 15 is 0 Å². The molecule has 0 unspecified atom stereocenters. The van der Waals surface area contributed by atoms with Crippen molar-refractivity contribution in [2.45, 2.75) is 37.3 Å². The fourth-order valence-corrected chi connectivity index (χ4v) is 5.91. The number of nitrogens with two attached hydrogens (primary N) is 1. The van der Waals surface area contributed by atoms with Crippen LogP contribution >= 0.6 is 0 Å². The molecule has 4 heterocycles. The number of pyridine rings is 1. The number of hydrogen-bond acceptors (Lipinski definition) is 6. The number of rotatable bonds is 4. The molecular weight excluding hydrogens is 448 g/mol. The van der Waals surface area contributed by atoms with Crippen LogP contribution in [0.2, 0.25) is 0 Å². The van der Waals surface area contributed by atoms with Gasteiger partial charge in [-0.3, -0.25) is 9.30 Å². The summed E-state index contributed by atoms with van der Waals surface area (Å²) in [4.78, 5) is 16.6. The molecule has 7 rings (SSSR count). The first-order valence-electron chi connectivity index (χ1n) is 12.7. The first-order chi connectivity index (χ1) is 17.6. The van der Waals surface area contributed by atoms with Gasteiger partial charge in [0.1, 0.15) is 28.6 Å². The number of anilines is 1. The van der Waals surface area contributed by atoms with Crippen molar-refractivity contribution < 1.29 is 5.11 Å². The lowest BCUT2D eigenvalue weighted by Crippen LogP contribution is -2.55. The van der Waals surface area contributed by atoms with Gasteiger partial charge in [-0.1, -0.05) is 48.5 Å². The van der Waals surface area contributed by atoms with E-state index in [9.17, 15) is 5.11 Å². The van der Waals surface area contributed by atoms with Gasteiger partial charge < -0.3 is 10.8 Å². The summed E-state index contributed by atoms with van der Waals surface area (Å²) >= 11 is 0. The second-order valence-corrected chi connectivity index (χ2v) is 10.1. The van der Waals surface area contributed by atoms with Crippen molar-refractivity contribution in [3.05, 3.63) is 78.9 Å². The van der Waals surface area contributed by atoms with Crippen molar-refractivity contribution in [1.29, 1.82) is 0 Å². The molecule has 1 saturated heterocycles. The van der Waals surface area contributed by atoms with Crippen molar-refractivity contribution in [2.24, 2.45) is 0 Å². The van der Waals surface area contributed by atoms with Crippen LogP contribution in [0.3, 0.4) is 0 Å². The van der Waals surface area contributed by atoms with Gasteiger partial charge in [0.15, 0.2) is 0 Å². The molecule has 7 heteroatoms. The molecule has 0 radical (unpaired) electrons. The largest absolute Gasteiger partial charge is 0.382 e. The summed E-state index contributed by atoms with van der Waals surface area (Å²) in [6, 6.07) is 20.6. The van der Waals surface area contributed by atoms with Gasteiger partial charge in [-0.15, -0.1) is 0 Å². The van der Waals surface area contributed by atoms with Gasteiger partial charge in [0.2, 0.25) is 0 Å². The van der Waals surface area contributed by atoms with Gasteiger partial charge in [0.05, 0.1) is 11.2 Å². The number of hydrogen-bond donors (Lipinski definition) is 2. The molecule has 0 spiro atoms. The van der Waals surface area contributed by atoms with Crippen LogP contribution in [0.5, 0.6) is 0 Å². The van der Waals surface area contributed by atoms with E-state index in [1.807, 2.05) is 24.4 Å². The van der Waals surface area contributed by atoms with Crippen LogP contribution < -0.4 is 5.73 Å². The van der Waals surface area contributed by atoms with Gasteiger partial charge in [0, 0.05) is 47.9 Å². The molecule has 2 aliphatic rings. The zero-order valence-corrected chi connectivity index (χ0v) is 20.0. The van der Waals surface area contributed by atoms with E-state index in [1.54, 1.807) is 6.20 Å². The quantitative estimate of drug-likeness (QED) is 0.385. The normalized spacial score (nSPS) is 22.3. The molecule has 0 bridgehead atoms. The highest BCUT2D eigenvalue weighted by atomic mass is 16.3. The molecule has 1 saturated carbocycles. The summed E-state index contributed by atoms with van der Waals surface area (Å²) in [6.07, 6.45) is 7.34. The second-order valence-electron chi connectivity index (χ2n) is 10.1. The van der Waals surface area contributed by atoms with Crippen molar-refractivity contribution >= 4 is 22.2 Å². The highest BCUT2D eigenvalue weighted by Crippen LogP contribution is 2.48. The van der Waals surface area contributed by atoms with Crippen LogP contribution in [0.15, 0.2) is 73.1 Å². The van der Waals surface area contributed by atoms with Crippen LogP contribution in [0.1, 0.15) is 37.4 Å². The van der Waals surface area contributed by atoms with Gasteiger partial charge in [-0.2, -0.15) is 0 Å². The number of imidazole rings is 1. The monoisotopic (exact) mass is 476 g/mol. The van der Waals surface area contributed by atoms with Crippen molar-refractivity contribution in [3.8, 4) is 22.5 Å². The number of nitrogen functional groups attached to an aromatic ring is 1. The number of nitrogens with zero attached hydrogens (tertiary/aromatic N) is 5. The molecule has 0 amide bonds. The summed E-state index contributed by atoms with van der Waals surface area (Å²) in [5.41, 5.74) is 11.2. The maximum atomic E-state index is 11.2. The number of aliphatic hydroxyl groups is 1. The van der Waals surface area contributed by atoms with E-state index < -0.39 is 5.72 Å². The highest BCUT2D eigenvalue weighted by Gasteiger charge is 2.49. The van der Waals surface area contributed by atoms with Crippen LogP contribution in [-0.2, 0) is 0 Å². The molecule has 3 N–H and O–H groups in total. The summed E-state index contributed by atoms with van der Waals surface area (Å²) in [6.45, 7) is 1.95. The minimum Gasteiger partial charge on any atom is -0.382 e. The Bertz CT molecular complexity index is 1580. The first-order valence-corrected chi connectivity index (χ1v) is 12.7. The van der Waals surface area contributed by atoms with Crippen LogP contribution in [0.4, 0.5) is 5.82 Å². The SMILES string of the molecule is Nc1nccn2c(C3CC(O)(N4CCCC4)C3)nc(-c3ccc4ccc(-c5ccccc5)nc4c3)c12. The fourth-order valence-electron chi connectivity index (χ4n) is 5.91. The summed E-state index contributed by atoms with van der Waals surface area (Å²) in [5.74, 6) is 1.55. The number of benzene rings is 2. The Kier molecular flexibility index (Phi) is 4.84. The smallest absolute Gasteiger partial charge is 0.150 e. The number of fused-ring (bicyclic) bond motifs is 2. The molecule has 3 aromatic heterocycles. The van der Waals surface area contributed by atoms with Crippen LogP contribution in [0.25, 0.3) is 38.9 Å². The predicted molar refractivity (Wildman–Crippen MR) is 141 cm³/mol. The van der Waals surface area contributed by atoms with E-state index in [0.29, 0.717) is 18.7 Å². The molecule has 2 fully saturated rings. The van der Waals surface area contributed by atoms with E-state index in [1.165, 1.54) is 0 Å². The van der Waals surface area contributed by atoms with Crippen LogP contribution in [0, 0.1) is 0 Å². The zero-order valence-electron chi connectivity index (χ0n) is 20.0. The third-order valence-electron chi connectivity index (χ3n) is 7.85. The average molecular weight is 477 g/mol. The second kappa shape index (κ2) is 8.11. The average Bonchev–Trinajstić information content (AvgIpc) is 3.56. The van der Waals surface area contributed by atoms with Gasteiger partial charge in [-0.05, 0) is 37.8 Å². The molecule has 36 heavy (non-hydrogen) atoms. The van der Waals surface area contributed by atoms with E-state index in [4.69, 9.17) is 15.7 Å². The van der Waals surface area contributed by atoms with Crippen molar-refractivity contribution in [1.82, 2.24) is 24.3 Å². The molecule has 2 aromatic carbocycles. The summed E-state index contributed by atoms with van der Waals surface area (Å²) < 4.78 is 2.06. The molecule has 1 aliphatic heterocycles. The Morgan fingerprint density at radius 2 is 1.69 bits per heavy atom. The molecule has 1 aliphatic carbocycles. The molecule has 0 atom stereocenters. The van der Waals surface area contributed by atoms with Gasteiger partial charge in [-0.25, -0.2) is 15.0 Å². The Morgan fingerprint density at radius 3 is 2.50 bits per heavy atom. The molecule has 5 aromatic rings. The molecule has 7 nitrogen and oxygen atoms in total. The van der Waals surface area contributed by atoms with Crippen molar-refractivity contribution in [2.75, 3.05) is 18.8 Å². The Morgan fingerprint density at radius 1 is 0.917 bits per heavy atom. The highest BCUT2D eigenvalue weighted by molar-refractivity contribution is 5.91. The maximum Gasteiger partial charge on any atom is 0.150 e. The lowest BCUT2D eigenvalue weighted by Gasteiger charge is -2.48. The fraction of sp³-hybridized carbons (Fsp3) is 0.276. The van der Waals surface area contributed by atoms with Crippen LogP contribution in [-0.4, -0.2) is 48.2 Å². The molecular formula is C29H28N6O. The molecule has 180 valence electrons. The first kappa shape index (κ1) is 21.5. The van der Waals surface area contributed by atoms with Gasteiger partial charge >= 0.3 is 0 Å². The topological polar surface area (TPSA) is 92.6 Å². The van der Waals surface area contributed by atoms with Gasteiger partial charge in [0.25, 0.3) is 0 Å². The number of aromatic nitrogens is 4. The minimum absolute atomic E-state index is 0.168. The van der Waals surface area contributed by atoms with E-state index in [2.05, 4.69) is 56.7 Å². The van der Waals surface area contributed by atoms with Crippen molar-refractivity contribution in [3.63, 3.8) is 0 Å². The lowest BCUT2D eigenvalue weighted by molar-refractivity contribution is -0.164. The zero-order chi connectivity index (χ0) is 24.3. The van der Waals surface area contributed by atoms with E-state index in [-0.39, 0.29) is 5.92 Å².